The van der Waals surface area contributed by atoms with Gasteiger partial charge in [0.15, 0.2) is 0 Å². The van der Waals surface area contributed by atoms with E-state index in [4.69, 9.17) is 47.8 Å². The first kappa shape index (κ1) is 108. The van der Waals surface area contributed by atoms with Crippen molar-refractivity contribution in [3.8, 4) is 0 Å². The summed E-state index contributed by atoms with van der Waals surface area (Å²) in [5.74, 6) is 0. The zero-order valence-electron chi connectivity index (χ0n) is 13.2. The van der Waals surface area contributed by atoms with Gasteiger partial charge >= 0.3 is 254 Å². The van der Waals surface area contributed by atoms with E-state index in [1.54, 1.807) is 0 Å². The second kappa shape index (κ2) is 244. The molecule has 0 amide bonds. The molecule has 0 aromatic carbocycles. The van der Waals surface area contributed by atoms with Gasteiger partial charge in [0, 0.05) is 0 Å². The van der Waals surface area contributed by atoms with Gasteiger partial charge in [-0.15, -0.1) is 0 Å². The molecule has 6 radical (unpaired) electrons. The predicted molar refractivity (Wildman–Crippen MR) is 73.3 cm³/mol. The molecule has 0 atom stereocenters. The van der Waals surface area contributed by atoms with Crippen LogP contribution in [-0.4, -0.2) is 231 Å². The summed E-state index contributed by atoms with van der Waals surface area (Å²) in [4.78, 5) is 0. The van der Waals surface area contributed by atoms with E-state index in [0.717, 1.165) is 0 Å². The first-order valence-corrected chi connectivity index (χ1v) is 8.89. The van der Waals surface area contributed by atoms with Gasteiger partial charge in [-0.1, -0.05) is 0 Å². The Hall–Kier alpha value is 4.33. The van der Waals surface area contributed by atoms with Crippen molar-refractivity contribution in [1.82, 2.24) is 0 Å². The second-order valence-corrected chi connectivity index (χ2v) is 1.90. The zero-order valence-corrected chi connectivity index (χ0v) is 26.7. The Kier molecular flexibility index (Phi) is 978. The van der Waals surface area contributed by atoms with E-state index < -0.39 is 92.9 Å². The van der Waals surface area contributed by atoms with Crippen LogP contribution in [0, 0.1) is 0 Å². The SMILES string of the molecule is [Ca+2].[Ca+2].[Ca+2].[O-].[O-].[O-].[O-].[O-].[O-].[O]=[Al][OH].[O]=[Al][OH].[O]=[Al][OH].[O]=[Al][OH].[O]=[Al][OH].[O]=[Al][OH]. The van der Waals surface area contributed by atoms with E-state index >= 15 is 0 Å². The minimum atomic E-state index is -1.50. The first-order chi connectivity index (χ1) is 8.49. The van der Waals surface area contributed by atoms with Gasteiger partial charge in [0.2, 0.25) is 0 Å². The summed E-state index contributed by atoms with van der Waals surface area (Å²) in [5.41, 5.74) is 0. The van der Waals surface area contributed by atoms with Gasteiger partial charge in [0.1, 0.15) is 0 Å². The molecular formula is H6Al6Ca3O18. The van der Waals surface area contributed by atoms with Crippen molar-refractivity contribution in [2.75, 3.05) is 0 Å². The summed E-state index contributed by atoms with van der Waals surface area (Å²) in [6.45, 7) is 0. The third-order valence-corrected chi connectivity index (χ3v) is 0. The first-order valence-electron chi connectivity index (χ1n) is 2.96. The van der Waals surface area contributed by atoms with Crippen LogP contribution in [0.2, 0.25) is 0 Å². The van der Waals surface area contributed by atoms with E-state index in [2.05, 4.69) is 0 Å². The fourth-order valence-electron chi connectivity index (χ4n) is 0. The molecule has 0 bridgehead atoms. The summed E-state index contributed by atoms with van der Waals surface area (Å²) < 4.78 is 94.0. The van der Waals surface area contributed by atoms with Crippen LogP contribution in [-0.2, 0) is 55.7 Å². The molecule has 27 heteroatoms. The van der Waals surface area contributed by atoms with Gasteiger partial charge in [-0.25, -0.2) is 0 Å². The molecule has 27 heavy (non-hydrogen) atoms. The van der Waals surface area contributed by atoms with Crippen molar-refractivity contribution in [2.24, 2.45) is 0 Å². The maximum atomic E-state index is 8.57. The summed E-state index contributed by atoms with van der Waals surface area (Å²) in [6.07, 6.45) is 0. The standard InChI is InChI=1S/6Al.3Ca.6H2O.12O/h;;;;;;;;;6*1H2;;;;;;;;;;;;/q6*+1;3*+2;;;;;;;;;;;;;6*-1/p-6. The average molecular weight is 576 g/mol. The second-order valence-electron chi connectivity index (χ2n) is 0.632. The molecule has 0 aliphatic carbocycles. The molecule has 0 aromatic heterocycles. The molecule has 0 aromatic rings. The fraction of sp³-hybridized carbons (Fsp3) is 0. The Morgan fingerprint density at radius 3 is 0.296 bits per heavy atom. The molecule has 0 spiro atoms. The molecule has 0 unspecified atom stereocenters. The van der Waals surface area contributed by atoms with Crippen LogP contribution in [0.5, 0.6) is 0 Å². The van der Waals surface area contributed by atoms with Gasteiger partial charge in [0.25, 0.3) is 0 Å². The van der Waals surface area contributed by atoms with Crippen LogP contribution in [0.15, 0.2) is 0 Å². The third kappa shape index (κ3) is 1300. The Balaban J connectivity index is -0.00000000462. The van der Waals surface area contributed by atoms with Crippen LogP contribution in [0.3, 0.4) is 0 Å². The van der Waals surface area contributed by atoms with Crippen LogP contribution in [0.1, 0.15) is 0 Å². The molecular weight excluding hydrogens is 570 g/mol. The van der Waals surface area contributed by atoms with Gasteiger partial charge in [-0.2, -0.15) is 0 Å². The molecule has 0 saturated heterocycles. The topological polar surface area (TPSA) is 395 Å². The molecule has 0 fully saturated rings. The normalized spacial score (nSPS) is 1.78. The molecule has 6 N–H and O–H groups in total. The van der Waals surface area contributed by atoms with E-state index in [1.165, 1.54) is 0 Å². The van der Waals surface area contributed by atoms with Crippen molar-refractivity contribution in [1.29, 1.82) is 0 Å². The third-order valence-electron chi connectivity index (χ3n) is 0. The summed E-state index contributed by atoms with van der Waals surface area (Å²) in [6, 6.07) is 0. The van der Waals surface area contributed by atoms with Gasteiger partial charge in [0.05, 0.1) is 0 Å². The molecule has 0 aliphatic heterocycles. The van der Waals surface area contributed by atoms with Crippen molar-refractivity contribution in [3.63, 3.8) is 0 Å². The molecule has 138 valence electrons. The van der Waals surface area contributed by atoms with Crippen molar-refractivity contribution in [2.45, 2.75) is 0 Å². The zero-order chi connectivity index (χ0) is 16.2. The number of hydrogen-bond acceptors (Lipinski definition) is 12. The van der Waals surface area contributed by atoms with Crippen LogP contribution in [0.4, 0.5) is 0 Å². The summed E-state index contributed by atoms with van der Waals surface area (Å²) >= 11 is -9.00. The monoisotopic (exact) mass is 576 g/mol. The van der Waals surface area contributed by atoms with E-state index in [-0.39, 0.29) is 146 Å². The Bertz CT molecular complexity index is 125. The molecule has 0 aliphatic rings. The predicted octanol–water partition coefficient (Wildman–Crippen LogP) is -8.19. The Labute approximate surface area is 280 Å². The van der Waals surface area contributed by atoms with E-state index in [0.29, 0.717) is 0 Å². The maximum absolute atomic E-state index is 8.57. The van der Waals surface area contributed by atoms with Crippen molar-refractivity contribution < 1.29 is 80.6 Å². The average Bonchev–Trinajstić information content (AvgIpc) is 2.23. The van der Waals surface area contributed by atoms with Crippen molar-refractivity contribution >= 4 is 206 Å². The van der Waals surface area contributed by atoms with Gasteiger partial charge in [-0.3, -0.25) is 0 Å². The van der Waals surface area contributed by atoms with E-state index in [1.807, 2.05) is 0 Å². The number of rotatable bonds is 0. The summed E-state index contributed by atoms with van der Waals surface area (Å²) in [5, 5.41) is 0. The minimum absolute atomic E-state index is 0. The Morgan fingerprint density at radius 1 is 0.296 bits per heavy atom. The molecule has 18 nitrogen and oxygen atoms in total. The molecule has 0 heterocycles. The number of hydrogen-bond donors (Lipinski definition) is 6. The van der Waals surface area contributed by atoms with Crippen LogP contribution < -0.4 is 0 Å². The van der Waals surface area contributed by atoms with Crippen molar-refractivity contribution in [3.05, 3.63) is 0 Å². The summed E-state index contributed by atoms with van der Waals surface area (Å²) in [7, 11) is 0. The van der Waals surface area contributed by atoms with Gasteiger partial charge < -0.3 is 32.9 Å². The Morgan fingerprint density at radius 2 is 0.296 bits per heavy atom. The molecule has 0 rings (SSSR count). The fourth-order valence-corrected chi connectivity index (χ4v) is 0. The molecule has 0 saturated carbocycles. The van der Waals surface area contributed by atoms with Gasteiger partial charge in [-0.05, 0) is 0 Å². The van der Waals surface area contributed by atoms with Crippen LogP contribution >= 0.6 is 0 Å². The van der Waals surface area contributed by atoms with Crippen LogP contribution in [0.25, 0.3) is 0 Å². The van der Waals surface area contributed by atoms with E-state index in [9.17, 15) is 0 Å². The quantitative estimate of drug-likeness (QED) is 0.146.